The molecule has 2 N–H and O–H groups in total. The van der Waals surface area contributed by atoms with E-state index in [-0.39, 0.29) is 18.0 Å². The molecule has 17 heavy (non-hydrogen) atoms. The normalized spacial score (nSPS) is 9.82. The molecular weight excluding hydrogens is 223 g/mol. The van der Waals surface area contributed by atoms with E-state index in [1.807, 2.05) is 0 Å². The number of rotatable bonds is 4. The molecule has 0 bridgehead atoms. The van der Waals surface area contributed by atoms with E-state index in [0.717, 1.165) is 5.56 Å². The van der Waals surface area contributed by atoms with Crippen LogP contribution in [0.1, 0.15) is 22.8 Å². The number of benzene rings is 1. The van der Waals surface area contributed by atoms with E-state index in [1.54, 1.807) is 19.9 Å². The molecule has 0 atom stereocenters. The largest absolute Gasteiger partial charge is 0.355 e. The zero-order chi connectivity index (χ0) is 12.8. The van der Waals surface area contributed by atoms with Crippen LogP contribution in [0.15, 0.2) is 18.2 Å². The maximum absolute atomic E-state index is 13.3. The number of amides is 2. The lowest BCUT2D eigenvalue weighted by atomic mass is 10.1. The van der Waals surface area contributed by atoms with Gasteiger partial charge in [-0.2, -0.15) is 0 Å². The summed E-state index contributed by atoms with van der Waals surface area (Å²) in [6, 6.07) is 4.26. The Morgan fingerprint density at radius 1 is 1.29 bits per heavy atom. The summed E-state index contributed by atoms with van der Waals surface area (Å²) in [6.07, 6.45) is 0. The molecule has 0 unspecified atom stereocenters. The number of likely N-dealkylation sites (N-methyl/N-ethyl adjacent to an activating group) is 1. The summed E-state index contributed by atoms with van der Waals surface area (Å²) in [4.78, 5) is 22.7. The Balaban J connectivity index is 2.64. The fourth-order valence-electron chi connectivity index (χ4n) is 1.33. The number of hydrogen-bond acceptors (Lipinski definition) is 2. The van der Waals surface area contributed by atoms with Gasteiger partial charge < -0.3 is 10.6 Å². The first-order valence-electron chi connectivity index (χ1n) is 5.35. The number of hydrogen-bond donors (Lipinski definition) is 2. The molecule has 0 aromatic heterocycles. The topological polar surface area (TPSA) is 58.2 Å². The van der Waals surface area contributed by atoms with Gasteiger partial charge in [0.05, 0.1) is 12.1 Å². The molecule has 2 amide bonds. The first-order chi connectivity index (χ1) is 8.04. The van der Waals surface area contributed by atoms with Crippen LogP contribution in [0.3, 0.4) is 0 Å². The van der Waals surface area contributed by atoms with Crippen molar-refractivity contribution in [2.45, 2.75) is 13.8 Å². The maximum atomic E-state index is 13.3. The van der Waals surface area contributed by atoms with Gasteiger partial charge in [0.2, 0.25) is 5.91 Å². The Hall–Kier alpha value is -1.91. The summed E-state index contributed by atoms with van der Waals surface area (Å²) in [6.45, 7) is 3.88. The summed E-state index contributed by atoms with van der Waals surface area (Å²) >= 11 is 0. The van der Waals surface area contributed by atoms with Gasteiger partial charge in [-0.25, -0.2) is 4.39 Å². The Bertz CT molecular complexity index is 433. The van der Waals surface area contributed by atoms with Gasteiger partial charge in [-0.15, -0.1) is 0 Å². The molecule has 0 heterocycles. The molecule has 1 aromatic rings. The third kappa shape index (κ3) is 3.86. The first-order valence-corrected chi connectivity index (χ1v) is 5.35. The Morgan fingerprint density at radius 3 is 2.65 bits per heavy atom. The second kappa shape index (κ2) is 5.98. The van der Waals surface area contributed by atoms with Gasteiger partial charge in [0.15, 0.2) is 0 Å². The van der Waals surface area contributed by atoms with Crippen LogP contribution in [-0.4, -0.2) is 24.9 Å². The van der Waals surface area contributed by atoms with Gasteiger partial charge >= 0.3 is 0 Å². The van der Waals surface area contributed by atoms with Gasteiger partial charge in [0, 0.05) is 6.54 Å². The molecule has 0 saturated heterocycles. The van der Waals surface area contributed by atoms with E-state index in [9.17, 15) is 14.0 Å². The third-order valence-electron chi connectivity index (χ3n) is 2.15. The molecule has 0 fully saturated rings. The summed E-state index contributed by atoms with van der Waals surface area (Å²) in [7, 11) is 0. The highest BCUT2D eigenvalue weighted by Crippen LogP contribution is 2.09. The van der Waals surface area contributed by atoms with Crippen molar-refractivity contribution in [3.8, 4) is 0 Å². The van der Waals surface area contributed by atoms with Crippen LogP contribution < -0.4 is 10.6 Å². The van der Waals surface area contributed by atoms with Crippen LogP contribution in [0, 0.1) is 12.7 Å². The minimum atomic E-state index is -0.594. The first kappa shape index (κ1) is 13.2. The molecule has 0 radical (unpaired) electrons. The van der Waals surface area contributed by atoms with Crippen molar-refractivity contribution in [3.63, 3.8) is 0 Å². The molecule has 0 aliphatic heterocycles. The summed E-state index contributed by atoms with van der Waals surface area (Å²) < 4.78 is 13.3. The summed E-state index contributed by atoms with van der Waals surface area (Å²) in [5.41, 5.74) is 0.740. The van der Waals surface area contributed by atoms with E-state index in [2.05, 4.69) is 10.6 Å². The zero-order valence-electron chi connectivity index (χ0n) is 9.84. The SMILES string of the molecule is CCNC(=O)CNC(=O)c1cc(C)ccc1F. The van der Waals surface area contributed by atoms with Crippen LogP contribution in [0.25, 0.3) is 0 Å². The number of nitrogens with one attached hydrogen (secondary N) is 2. The van der Waals surface area contributed by atoms with Crippen molar-refractivity contribution >= 4 is 11.8 Å². The van der Waals surface area contributed by atoms with Crippen molar-refractivity contribution < 1.29 is 14.0 Å². The number of carbonyl (C=O) groups excluding carboxylic acids is 2. The van der Waals surface area contributed by atoms with Crippen LogP contribution in [0.5, 0.6) is 0 Å². The molecule has 0 saturated carbocycles. The summed E-state index contributed by atoms with van der Waals surface area (Å²) in [5.74, 6) is -1.48. The molecule has 92 valence electrons. The fourth-order valence-corrected chi connectivity index (χ4v) is 1.33. The molecule has 1 aromatic carbocycles. The minimum Gasteiger partial charge on any atom is -0.355 e. The lowest BCUT2D eigenvalue weighted by molar-refractivity contribution is -0.120. The number of carbonyl (C=O) groups is 2. The monoisotopic (exact) mass is 238 g/mol. The van der Waals surface area contributed by atoms with Crippen molar-refractivity contribution in [2.24, 2.45) is 0 Å². The second-order valence-corrected chi connectivity index (χ2v) is 3.62. The Labute approximate surface area is 99.2 Å². The minimum absolute atomic E-state index is 0.0469. The molecule has 0 spiro atoms. The van der Waals surface area contributed by atoms with E-state index in [1.165, 1.54) is 12.1 Å². The highest BCUT2D eigenvalue weighted by Gasteiger charge is 2.12. The van der Waals surface area contributed by atoms with E-state index >= 15 is 0 Å². The lowest BCUT2D eigenvalue weighted by Crippen LogP contribution is -2.37. The highest BCUT2D eigenvalue weighted by atomic mass is 19.1. The molecule has 4 nitrogen and oxygen atoms in total. The number of aryl methyl sites for hydroxylation is 1. The average Bonchev–Trinajstić information content (AvgIpc) is 2.29. The van der Waals surface area contributed by atoms with Crippen molar-refractivity contribution in [2.75, 3.05) is 13.1 Å². The Kier molecular flexibility index (Phi) is 4.63. The van der Waals surface area contributed by atoms with Crippen LogP contribution in [0.4, 0.5) is 4.39 Å². The standard InChI is InChI=1S/C12H15FN2O2/c1-3-14-11(16)7-15-12(17)9-6-8(2)4-5-10(9)13/h4-6H,3,7H2,1-2H3,(H,14,16)(H,15,17). The van der Waals surface area contributed by atoms with Crippen LogP contribution in [0.2, 0.25) is 0 Å². The van der Waals surface area contributed by atoms with Crippen LogP contribution in [-0.2, 0) is 4.79 Å². The quantitative estimate of drug-likeness (QED) is 0.822. The average molecular weight is 238 g/mol. The molecular formula is C12H15FN2O2. The van der Waals surface area contributed by atoms with Gasteiger partial charge in [-0.1, -0.05) is 11.6 Å². The fraction of sp³-hybridized carbons (Fsp3) is 0.333. The molecule has 0 aliphatic rings. The van der Waals surface area contributed by atoms with Gasteiger partial charge in [0.25, 0.3) is 5.91 Å². The predicted octanol–water partition coefficient (Wildman–Crippen LogP) is 1.00. The third-order valence-corrected chi connectivity index (χ3v) is 2.15. The molecule has 0 aliphatic carbocycles. The number of halogens is 1. The zero-order valence-corrected chi connectivity index (χ0v) is 9.84. The van der Waals surface area contributed by atoms with Gasteiger partial charge in [0.1, 0.15) is 5.82 Å². The van der Waals surface area contributed by atoms with Crippen LogP contribution >= 0.6 is 0 Å². The molecule has 5 heteroatoms. The second-order valence-electron chi connectivity index (χ2n) is 3.62. The lowest BCUT2D eigenvalue weighted by Gasteiger charge is -2.06. The van der Waals surface area contributed by atoms with Crippen molar-refractivity contribution in [1.82, 2.24) is 10.6 Å². The highest BCUT2D eigenvalue weighted by molar-refractivity contribution is 5.96. The smallest absolute Gasteiger partial charge is 0.254 e. The summed E-state index contributed by atoms with van der Waals surface area (Å²) in [5, 5.41) is 4.89. The van der Waals surface area contributed by atoms with Gasteiger partial charge in [-0.3, -0.25) is 9.59 Å². The maximum Gasteiger partial charge on any atom is 0.254 e. The van der Waals surface area contributed by atoms with Gasteiger partial charge in [-0.05, 0) is 26.0 Å². The Morgan fingerprint density at radius 2 is 2.00 bits per heavy atom. The van der Waals surface area contributed by atoms with E-state index < -0.39 is 11.7 Å². The van der Waals surface area contributed by atoms with Crippen molar-refractivity contribution in [1.29, 1.82) is 0 Å². The van der Waals surface area contributed by atoms with E-state index in [4.69, 9.17) is 0 Å². The van der Waals surface area contributed by atoms with E-state index in [0.29, 0.717) is 6.54 Å². The predicted molar refractivity (Wildman–Crippen MR) is 62.2 cm³/mol. The van der Waals surface area contributed by atoms with Crippen molar-refractivity contribution in [3.05, 3.63) is 35.1 Å². The molecule has 1 rings (SSSR count).